The number of aliphatic hydroxyl groups is 1. The van der Waals surface area contributed by atoms with E-state index in [1.165, 1.54) is 44.3 Å². The first-order valence-electron chi connectivity index (χ1n) is 27.8. The number of aromatic amines is 1. The smallest absolute Gasteiger partial charge is 0.491 e. The van der Waals surface area contributed by atoms with Crippen LogP contribution < -0.4 is 41.8 Å². The number of hydrogen-bond acceptors (Lipinski definition) is 21. The number of nitrogens with one attached hydrogen (secondary N) is 7. The highest BCUT2D eigenvalue weighted by molar-refractivity contribution is 7.89. The number of rotatable bonds is 44. The fraction of sp³-hybridized carbons (Fsp3) is 0.588. The van der Waals surface area contributed by atoms with Gasteiger partial charge in [-0.1, -0.05) is 6.42 Å². The predicted molar refractivity (Wildman–Crippen MR) is 310 cm³/mol. The number of esters is 2. The van der Waals surface area contributed by atoms with Crippen LogP contribution in [-0.2, 0) is 63.8 Å². The van der Waals surface area contributed by atoms with Crippen LogP contribution in [0.4, 0.5) is 19.1 Å². The van der Waals surface area contributed by atoms with Crippen molar-refractivity contribution in [3.8, 4) is 5.75 Å². The van der Waals surface area contributed by atoms with E-state index in [1.54, 1.807) is 23.1 Å². The molecule has 2 heterocycles. The van der Waals surface area contributed by atoms with Gasteiger partial charge in [0.25, 0.3) is 5.91 Å². The molecular formula is C51H79F3N12O19P2S. The van der Waals surface area contributed by atoms with Crippen LogP contribution in [-0.4, -0.2) is 210 Å². The Morgan fingerprint density at radius 3 is 2.05 bits per heavy atom. The van der Waals surface area contributed by atoms with Crippen molar-refractivity contribution in [2.45, 2.75) is 101 Å². The maximum Gasteiger partial charge on any atom is 0.491 e. The van der Waals surface area contributed by atoms with Crippen molar-refractivity contribution in [3.05, 3.63) is 65.6 Å². The van der Waals surface area contributed by atoms with Crippen molar-refractivity contribution in [1.29, 1.82) is 0 Å². The van der Waals surface area contributed by atoms with E-state index in [1.807, 2.05) is 4.72 Å². The first-order valence-corrected chi connectivity index (χ1v) is 32.9. The number of alkyl halides is 3. The highest BCUT2D eigenvalue weighted by atomic mass is 32.2. The second-order valence-electron chi connectivity index (χ2n) is 20.0. The number of sulfonamides is 1. The van der Waals surface area contributed by atoms with Crippen molar-refractivity contribution in [2.75, 3.05) is 103 Å². The summed E-state index contributed by atoms with van der Waals surface area (Å²) in [6.45, 7) is 5.41. The average molecular weight is 1320 g/mol. The van der Waals surface area contributed by atoms with Crippen LogP contribution in [0.2, 0.25) is 0 Å². The van der Waals surface area contributed by atoms with E-state index in [4.69, 9.17) is 44.3 Å². The maximum atomic E-state index is 13.8. The number of H-pyrrole nitrogens is 1. The number of ether oxygens (including phenoxy) is 5. The zero-order chi connectivity index (χ0) is 64.9. The Labute approximate surface area is 505 Å². The van der Waals surface area contributed by atoms with Gasteiger partial charge in [-0.25, -0.2) is 23.0 Å². The van der Waals surface area contributed by atoms with Crippen LogP contribution in [0.5, 0.6) is 5.75 Å². The molecule has 3 amide bonds. The van der Waals surface area contributed by atoms with E-state index in [9.17, 15) is 59.8 Å². The van der Waals surface area contributed by atoms with Crippen LogP contribution in [0.1, 0.15) is 72.9 Å². The molecule has 0 saturated heterocycles. The number of anilines is 1. The molecule has 3 unspecified atom stereocenters. The molecular weight excluding hydrogens is 1240 g/mol. The van der Waals surface area contributed by atoms with Crippen LogP contribution in [0.3, 0.4) is 0 Å². The average Bonchev–Trinajstić information content (AvgIpc) is 3.79. The summed E-state index contributed by atoms with van der Waals surface area (Å²) < 4.78 is 119. The fourth-order valence-electron chi connectivity index (χ4n) is 8.40. The number of carbonyl (C=O) groups excluding carboxylic acids is 5. The Bertz CT molecular complexity index is 3020. The van der Waals surface area contributed by atoms with Gasteiger partial charge < -0.3 is 80.3 Å². The molecule has 0 aliphatic heterocycles. The number of amides is 3. The van der Waals surface area contributed by atoms with E-state index in [-0.39, 0.29) is 59.2 Å². The third kappa shape index (κ3) is 29.1. The Hall–Kier alpha value is -6.01. The van der Waals surface area contributed by atoms with Gasteiger partial charge in [-0.2, -0.15) is 23.0 Å². The molecule has 0 aliphatic carbocycles. The number of fused-ring (bicyclic) bond motifs is 1. The van der Waals surface area contributed by atoms with Crippen LogP contribution in [0.25, 0.3) is 10.9 Å². The number of aryl methyl sites for hydroxylation is 3. The van der Waals surface area contributed by atoms with Gasteiger partial charge in [-0.05, 0) is 100 Å². The first-order chi connectivity index (χ1) is 41.5. The molecule has 0 bridgehead atoms. The molecule has 3 atom stereocenters. The van der Waals surface area contributed by atoms with Crippen LogP contribution >= 0.6 is 15.2 Å². The third-order valence-corrected chi connectivity index (χ3v) is 15.7. The second-order valence-corrected chi connectivity index (χ2v) is 24.9. The lowest BCUT2D eigenvalue weighted by atomic mass is 10.1. The van der Waals surface area contributed by atoms with Gasteiger partial charge >= 0.3 is 33.3 Å². The first kappa shape index (κ1) is 74.5. The quantitative estimate of drug-likeness (QED) is 0.00957. The van der Waals surface area contributed by atoms with Crippen molar-refractivity contribution in [1.82, 2.24) is 50.6 Å². The van der Waals surface area contributed by atoms with Gasteiger partial charge in [0.1, 0.15) is 30.6 Å². The summed E-state index contributed by atoms with van der Waals surface area (Å²) in [6.07, 6.45) is -0.184. The largest absolute Gasteiger partial charge is 0.494 e. The molecule has 0 radical (unpaired) electrons. The molecule has 2 aromatic heterocycles. The van der Waals surface area contributed by atoms with Gasteiger partial charge in [0.05, 0.1) is 56.2 Å². The van der Waals surface area contributed by atoms with Gasteiger partial charge in [0.2, 0.25) is 21.8 Å². The van der Waals surface area contributed by atoms with Crippen molar-refractivity contribution >= 4 is 71.7 Å². The Balaban J connectivity index is 1.05. The lowest BCUT2D eigenvalue weighted by Crippen LogP contribution is -2.50. The van der Waals surface area contributed by atoms with Crippen molar-refractivity contribution < 1.29 is 103 Å². The van der Waals surface area contributed by atoms with Gasteiger partial charge in [0.15, 0.2) is 5.95 Å². The molecule has 31 nitrogen and oxygen atoms in total. The topological polar surface area (TPSA) is 449 Å². The van der Waals surface area contributed by atoms with Gasteiger partial charge in [-0.3, -0.25) is 38.4 Å². The van der Waals surface area contributed by atoms with E-state index in [2.05, 4.69) is 46.4 Å². The maximum absolute atomic E-state index is 13.8. The molecule has 4 aromatic rings. The minimum Gasteiger partial charge on any atom is -0.494 e. The Morgan fingerprint density at radius 1 is 0.795 bits per heavy atom. The Kier molecular flexibility index (Phi) is 31.5. The molecule has 2 aromatic carbocycles. The summed E-state index contributed by atoms with van der Waals surface area (Å²) in [7, 11) is -14.1. The van der Waals surface area contributed by atoms with E-state index >= 15 is 0 Å². The minimum atomic E-state index is -5.60. The molecule has 4 rings (SSSR count). The summed E-state index contributed by atoms with van der Waals surface area (Å²) in [6, 6.07) is 4.46. The van der Waals surface area contributed by atoms with Crippen molar-refractivity contribution in [2.24, 2.45) is 5.73 Å². The van der Waals surface area contributed by atoms with Gasteiger partial charge in [0, 0.05) is 81.7 Å². The van der Waals surface area contributed by atoms with E-state index in [0.29, 0.717) is 126 Å². The number of hydrogen-bond donors (Lipinski definition) is 13. The highest BCUT2D eigenvalue weighted by Gasteiger charge is 2.44. The number of aliphatic hydroxyl groups excluding tert-OH is 1. The molecule has 0 spiro atoms. The lowest BCUT2D eigenvalue weighted by molar-refractivity contribution is -0.202. The summed E-state index contributed by atoms with van der Waals surface area (Å²) in [5, 5.41) is 28.9. The molecule has 0 aliphatic rings. The summed E-state index contributed by atoms with van der Waals surface area (Å²) in [4.78, 5) is 106. The minimum absolute atomic E-state index is 0.0458. The number of halogens is 3. The van der Waals surface area contributed by atoms with Gasteiger partial charge in [-0.15, -0.1) is 0 Å². The van der Waals surface area contributed by atoms with Crippen molar-refractivity contribution in [3.63, 3.8) is 0 Å². The third-order valence-electron chi connectivity index (χ3n) is 12.4. The molecule has 37 heteroatoms. The number of aromatic nitrogens is 4. The summed E-state index contributed by atoms with van der Waals surface area (Å²) >= 11 is 0. The fourth-order valence-corrected chi connectivity index (χ4v) is 11.6. The number of unbranched alkanes of at least 4 members (excludes halogenated alkanes) is 1. The lowest BCUT2D eigenvalue weighted by Gasteiger charge is -2.22. The van der Waals surface area contributed by atoms with E-state index < -0.39 is 99.1 Å². The zero-order valence-electron chi connectivity index (χ0n) is 48.6. The highest BCUT2D eigenvalue weighted by Crippen LogP contribution is 2.40. The Morgan fingerprint density at radius 2 is 1.42 bits per heavy atom. The van der Waals surface area contributed by atoms with E-state index in [0.717, 1.165) is 0 Å². The van der Waals surface area contributed by atoms with Crippen LogP contribution in [0, 0.1) is 13.8 Å². The zero-order valence-corrected chi connectivity index (χ0v) is 51.2. The van der Waals surface area contributed by atoms with Crippen LogP contribution in [0.15, 0.2) is 53.8 Å². The molecule has 88 heavy (non-hydrogen) atoms. The summed E-state index contributed by atoms with van der Waals surface area (Å²) in [5.74, 6) is -5.72. The SMILES string of the molecule is Cc1cc(OCCCC(=O)NCCCOCCOCCOCCCNC(O)C(N)CCCCNC(=O)CN(CP(=O)(O)O)CP(=O)(O)O)cc(C)c1S(=O)(=O)NC(CNC(=O)c1ccc2c(cnn2CCCNc2ncc[nH]2)c1)C(=O)OC(=O)C(F)(F)F. The number of carbonyl (C=O) groups is 5. The summed E-state index contributed by atoms with van der Waals surface area (Å²) in [5.41, 5.74) is 6.98. The number of nitrogens with zero attached hydrogens (tertiary/aromatic N) is 4. The number of nitrogens with two attached hydrogens (primary N) is 1. The number of imidazole rings is 1. The molecule has 14 N–H and O–H groups in total. The normalized spacial score (nSPS) is 13.3. The monoisotopic (exact) mass is 1310 g/mol. The molecule has 494 valence electrons. The number of benzene rings is 2. The molecule has 0 fully saturated rings. The molecule has 0 saturated carbocycles. The second kappa shape index (κ2) is 37.2. The predicted octanol–water partition coefficient (Wildman–Crippen LogP) is 0.787. The standard InChI is InChI=1S/C51H79F3N12O19P2S/c1-35-27-39(28-36(2)45(35)88(79,80)64-41(48(71)85-49(72)51(52,53)54)31-62-46(69)37-11-12-42-38(29-37)30-63-66(42)19-6-14-59-50-60-17-18-61-50)84-22-5-10-43(67)56-15-7-20-81-23-25-83-26-24-82-21-8-16-58-47(70)40(55)9-3-4-13-57-44(68)32-65(33-86(73,74)75)34-87(76,77)78/h11-12,17-18,27-30,40-41,47,58,64,70H,3-10,13-16,19-26,31-34,55H2,1-2H3,(H,56,67)(H,57,68)(H,62,69)(H2,59,60,61)(H2,73,74,75)(H2,76,77,78).